The van der Waals surface area contributed by atoms with E-state index in [1.54, 1.807) is 18.4 Å². The van der Waals surface area contributed by atoms with E-state index in [1.165, 1.54) is 4.88 Å². The SMILES string of the molecule is CCc1cnc(CNC(=NC)NCCC(=O)Nc2ccc(Br)cc2)s1. The number of thiazole rings is 1. The van der Waals surface area contributed by atoms with E-state index in [1.807, 2.05) is 30.5 Å². The fraction of sp³-hybridized carbons (Fsp3) is 0.353. The van der Waals surface area contributed by atoms with Crippen LogP contribution >= 0.6 is 27.3 Å². The Kier molecular flexibility index (Phi) is 7.87. The molecule has 1 amide bonds. The molecule has 3 N–H and O–H groups in total. The summed E-state index contributed by atoms with van der Waals surface area (Å²) in [7, 11) is 1.70. The van der Waals surface area contributed by atoms with E-state index >= 15 is 0 Å². The molecule has 2 rings (SSSR count). The number of anilines is 1. The van der Waals surface area contributed by atoms with Crippen LogP contribution in [0, 0.1) is 0 Å². The molecule has 25 heavy (non-hydrogen) atoms. The monoisotopic (exact) mass is 423 g/mol. The Bertz CT molecular complexity index is 714. The molecule has 0 unspecified atom stereocenters. The number of aliphatic imine (C=N–C) groups is 1. The molecule has 8 heteroatoms. The standard InChI is InChI=1S/C17H22BrN5OS/c1-3-14-10-21-16(25-14)11-22-17(19-2)20-9-8-15(24)23-13-6-4-12(18)5-7-13/h4-7,10H,3,8-9,11H2,1-2H3,(H,23,24)(H2,19,20,22). The van der Waals surface area contributed by atoms with Crippen LogP contribution in [0.4, 0.5) is 5.69 Å². The third kappa shape index (κ3) is 6.83. The first-order chi connectivity index (χ1) is 12.1. The van der Waals surface area contributed by atoms with E-state index in [0.717, 1.165) is 21.6 Å². The molecular weight excluding hydrogens is 402 g/mol. The zero-order valence-corrected chi connectivity index (χ0v) is 16.7. The molecule has 134 valence electrons. The predicted octanol–water partition coefficient (Wildman–Crippen LogP) is 3.16. The fourth-order valence-electron chi connectivity index (χ4n) is 2.02. The van der Waals surface area contributed by atoms with Gasteiger partial charge in [0.05, 0.1) is 6.54 Å². The summed E-state index contributed by atoms with van der Waals surface area (Å²) in [5.41, 5.74) is 0.784. The van der Waals surface area contributed by atoms with Crippen molar-refractivity contribution in [1.82, 2.24) is 15.6 Å². The van der Waals surface area contributed by atoms with E-state index in [9.17, 15) is 4.79 Å². The number of nitrogens with one attached hydrogen (secondary N) is 3. The van der Waals surface area contributed by atoms with Gasteiger partial charge in [0.25, 0.3) is 0 Å². The van der Waals surface area contributed by atoms with Crippen molar-refractivity contribution in [3.63, 3.8) is 0 Å². The van der Waals surface area contributed by atoms with Gasteiger partial charge >= 0.3 is 0 Å². The summed E-state index contributed by atoms with van der Waals surface area (Å²) in [4.78, 5) is 21.7. The Morgan fingerprint density at radius 3 is 2.68 bits per heavy atom. The highest BCUT2D eigenvalue weighted by Gasteiger charge is 2.05. The van der Waals surface area contributed by atoms with E-state index in [4.69, 9.17) is 0 Å². The Labute approximate surface area is 160 Å². The molecule has 0 saturated heterocycles. The van der Waals surface area contributed by atoms with Crippen molar-refractivity contribution in [1.29, 1.82) is 0 Å². The molecule has 2 aromatic rings. The molecule has 0 spiro atoms. The molecule has 1 aromatic heterocycles. The zero-order chi connectivity index (χ0) is 18.1. The number of aryl methyl sites for hydroxylation is 1. The van der Waals surface area contributed by atoms with Crippen molar-refractivity contribution in [2.45, 2.75) is 26.3 Å². The van der Waals surface area contributed by atoms with Crippen LogP contribution in [0.25, 0.3) is 0 Å². The van der Waals surface area contributed by atoms with Crippen LogP contribution in [-0.4, -0.2) is 30.4 Å². The lowest BCUT2D eigenvalue weighted by Gasteiger charge is -2.11. The van der Waals surface area contributed by atoms with Crippen LogP contribution in [0.2, 0.25) is 0 Å². The molecule has 1 aromatic carbocycles. The molecule has 0 fully saturated rings. The van der Waals surface area contributed by atoms with Gasteiger partial charge in [-0.1, -0.05) is 22.9 Å². The average molecular weight is 424 g/mol. The summed E-state index contributed by atoms with van der Waals surface area (Å²) in [5.74, 6) is 0.613. The topological polar surface area (TPSA) is 78.4 Å². The zero-order valence-electron chi connectivity index (χ0n) is 14.3. The molecular formula is C17H22BrN5OS. The number of hydrogen-bond acceptors (Lipinski definition) is 4. The Morgan fingerprint density at radius 2 is 2.04 bits per heavy atom. The molecule has 1 heterocycles. The van der Waals surface area contributed by atoms with Gasteiger partial charge in [0.1, 0.15) is 5.01 Å². The van der Waals surface area contributed by atoms with Crippen LogP contribution in [0.1, 0.15) is 23.2 Å². The average Bonchev–Trinajstić information content (AvgIpc) is 3.08. The van der Waals surface area contributed by atoms with Crippen molar-refractivity contribution in [3.8, 4) is 0 Å². The smallest absolute Gasteiger partial charge is 0.226 e. The van der Waals surface area contributed by atoms with Crippen molar-refractivity contribution in [2.24, 2.45) is 4.99 Å². The van der Waals surface area contributed by atoms with E-state index in [-0.39, 0.29) is 5.91 Å². The number of aromatic nitrogens is 1. The van der Waals surface area contributed by atoms with Gasteiger partial charge in [-0.15, -0.1) is 11.3 Å². The first kappa shape index (κ1) is 19.4. The second-order valence-corrected chi connectivity index (χ2v) is 7.35. The normalized spacial score (nSPS) is 11.2. The number of amides is 1. The Morgan fingerprint density at radius 1 is 1.28 bits per heavy atom. The minimum absolute atomic E-state index is 0.0437. The third-order valence-corrected chi connectivity index (χ3v) is 5.02. The van der Waals surface area contributed by atoms with Crippen molar-refractivity contribution < 1.29 is 4.79 Å². The first-order valence-corrected chi connectivity index (χ1v) is 9.65. The van der Waals surface area contributed by atoms with Crippen LogP contribution < -0.4 is 16.0 Å². The van der Waals surface area contributed by atoms with Gasteiger partial charge < -0.3 is 16.0 Å². The summed E-state index contributed by atoms with van der Waals surface area (Å²) >= 11 is 5.06. The molecule has 0 atom stereocenters. The fourth-order valence-corrected chi connectivity index (χ4v) is 3.09. The van der Waals surface area contributed by atoms with Crippen molar-refractivity contribution in [2.75, 3.05) is 18.9 Å². The molecule has 0 saturated carbocycles. The van der Waals surface area contributed by atoms with Gasteiger partial charge in [-0.3, -0.25) is 9.79 Å². The predicted molar refractivity (Wildman–Crippen MR) is 107 cm³/mol. The number of hydrogen-bond donors (Lipinski definition) is 3. The lowest BCUT2D eigenvalue weighted by atomic mass is 10.3. The van der Waals surface area contributed by atoms with Crippen LogP contribution in [0.3, 0.4) is 0 Å². The molecule has 0 aliphatic heterocycles. The highest BCUT2D eigenvalue weighted by molar-refractivity contribution is 9.10. The van der Waals surface area contributed by atoms with Crippen molar-refractivity contribution in [3.05, 3.63) is 44.8 Å². The largest absolute Gasteiger partial charge is 0.356 e. The molecule has 0 radical (unpaired) electrons. The highest BCUT2D eigenvalue weighted by atomic mass is 79.9. The van der Waals surface area contributed by atoms with Gasteiger partial charge in [-0.2, -0.15) is 0 Å². The summed E-state index contributed by atoms with van der Waals surface area (Å²) in [6.07, 6.45) is 3.26. The Balaban J connectivity index is 1.69. The van der Waals surface area contributed by atoms with Gasteiger partial charge in [0, 0.05) is 41.2 Å². The maximum Gasteiger partial charge on any atom is 0.226 e. The van der Waals surface area contributed by atoms with Crippen molar-refractivity contribution >= 4 is 44.8 Å². The maximum atomic E-state index is 12.0. The van der Waals surface area contributed by atoms with E-state index in [2.05, 4.69) is 48.8 Å². The number of benzene rings is 1. The maximum absolute atomic E-state index is 12.0. The summed E-state index contributed by atoms with van der Waals surface area (Å²) in [6.45, 7) is 3.24. The molecule has 0 aliphatic rings. The molecule has 0 aliphatic carbocycles. The minimum Gasteiger partial charge on any atom is -0.356 e. The third-order valence-electron chi connectivity index (χ3n) is 3.35. The minimum atomic E-state index is -0.0437. The molecule has 0 bridgehead atoms. The first-order valence-electron chi connectivity index (χ1n) is 8.04. The lowest BCUT2D eigenvalue weighted by molar-refractivity contribution is -0.116. The van der Waals surface area contributed by atoms with Gasteiger partial charge in [-0.25, -0.2) is 4.98 Å². The quantitative estimate of drug-likeness (QED) is 0.471. The van der Waals surface area contributed by atoms with E-state index in [0.29, 0.717) is 25.5 Å². The summed E-state index contributed by atoms with van der Waals surface area (Å²) in [6, 6.07) is 7.49. The lowest BCUT2D eigenvalue weighted by Crippen LogP contribution is -2.38. The summed E-state index contributed by atoms with van der Waals surface area (Å²) < 4.78 is 0.980. The highest BCUT2D eigenvalue weighted by Crippen LogP contribution is 2.14. The van der Waals surface area contributed by atoms with Crippen LogP contribution in [0.15, 0.2) is 39.9 Å². The second-order valence-electron chi connectivity index (χ2n) is 5.23. The van der Waals surface area contributed by atoms with Gasteiger partial charge in [-0.05, 0) is 30.7 Å². The number of carbonyl (C=O) groups excluding carboxylic acids is 1. The number of nitrogens with zero attached hydrogens (tertiary/aromatic N) is 2. The number of carbonyl (C=O) groups is 1. The number of rotatable bonds is 7. The van der Waals surface area contributed by atoms with Gasteiger partial charge in [0.15, 0.2) is 5.96 Å². The number of guanidine groups is 1. The van der Waals surface area contributed by atoms with E-state index < -0.39 is 0 Å². The summed E-state index contributed by atoms with van der Waals surface area (Å²) in [5, 5.41) is 10.2. The van der Waals surface area contributed by atoms with Crippen LogP contribution in [-0.2, 0) is 17.8 Å². The van der Waals surface area contributed by atoms with Crippen LogP contribution in [0.5, 0.6) is 0 Å². The van der Waals surface area contributed by atoms with Gasteiger partial charge in [0.2, 0.25) is 5.91 Å². The molecule has 6 nitrogen and oxygen atoms in total. The second kappa shape index (κ2) is 10.1. The Hall–Kier alpha value is -1.93. The number of halogens is 1.